The van der Waals surface area contributed by atoms with Crippen LogP contribution in [0.25, 0.3) is 0 Å². The molecule has 0 amide bonds. The molecule has 23 heavy (non-hydrogen) atoms. The molecule has 0 bridgehead atoms. The average molecular weight is 335 g/mol. The van der Waals surface area contributed by atoms with Crippen LogP contribution in [-0.4, -0.2) is 19.8 Å². The number of ether oxygens (including phenoxy) is 1. The van der Waals surface area contributed by atoms with Crippen LogP contribution in [0.1, 0.15) is 46.3 Å². The number of rotatable bonds is 3. The molecule has 0 radical (unpaired) electrons. The van der Waals surface area contributed by atoms with Crippen LogP contribution in [0, 0.1) is 16.1 Å². The third-order valence-corrected chi connectivity index (χ3v) is 4.87. The Hall–Kier alpha value is -1.91. The molecule has 1 atom stereocenters. The molecular weight excluding hydrogens is 314 g/mol. The summed E-state index contributed by atoms with van der Waals surface area (Å²) in [4.78, 5) is 12.8. The van der Waals surface area contributed by atoms with Gasteiger partial charge < -0.3 is 9.84 Å². The zero-order chi connectivity index (χ0) is 17.5. The molecule has 0 saturated carbocycles. The van der Waals surface area contributed by atoms with Gasteiger partial charge in [0, 0.05) is 13.1 Å². The van der Waals surface area contributed by atoms with Gasteiger partial charge in [0.2, 0.25) is 5.88 Å². The molecular formula is C16H21N3O3S. The Morgan fingerprint density at radius 3 is 2.39 bits per heavy atom. The molecule has 1 N–H and O–H groups in total. The van der Waals surface area contributed by atoms with Crippen molar-refractivity contribution in [3.63, 3.8) is 0 Å². The first-order valence-electron chi connectivity index (χ1n) is 7.56. The highest BCUT2D eigenvalue weighted by Crippen LogP contribution is 2.44. The highest BCUT2D eigenvalue weighted by atomic mass is 32.1. The molecule has 0 aliphatic carbocycles. The quantitative estimate of drug-likeness (QED) is 0.859. The summed E-state index contributed by atoms with van der Waals surface area (Å²) in [5.41, 5.74) is 0.115. The molecule has 0 spiro atoms. The van der Waals surface area contributed by atoms with Crippen LogP contribution in [0.2, 0.25) is 0 Å². The third-order valence-electron chi connectivity index (χ3n) is 4.43. The molecule has 1 aliphatic heterocycles. The number of hydrogen-bond donors (Lipinski definition) is 1. The van der Waals surface area contributed by atoms with E-state index in [9.17, 15) is 15.2 Å². The number of aromatic nitrogens is 2. The van der Waals surface area contributed by atoms with Crippen LogP contribution in [0.5, 0.6) is 5.88 Å². The maximum Gasteiger partial charge on any atom is 0.264 e. The van der Waals surface area contributed by atoms with E-state index in [1.165, 1.54) is 9.13 Å². The molecule has 1 aliphatic rings. The lowest BCUT2D eigenvalue weighted by molar-refractivity contribution is -0.00880. The van der Waals surface area contributed by atoms with E-state index in [1.54, 1.807) is 0 Å². The van der Waals surface area contributed by atoms with Gasteiger partial charge in [0.15, 0.2) is 4.77 Å². The van der Waals surface area contributed by atoms with Crippen LogP contribution in [0.15, 0.2) is 15.9 Å². The Bertz CT molecular complexity index is 840. The Morgan fingerprint density at radius 1 is 1.35 bits per heavy atom. The lowest BCUT2D eigenvalue weighted by atomic mass is 9.95. The maximum absolute atomic E-state index is 12.8. The smallest absolute Gasteiger partial charge is 0.264 e. The Balaban J connectivity index is 2.84. The number of nitrogens with zero attached hydrogens (tertiary/aromatic N) is 3. The van der Waals surface area contributed by atoms with Gasteiger partial charge in [0.25, 0.3) is 5.56 Å². The zero-order valence-corrected chi connectivity index (χ0v) is 14.8. The fraction of sp³-hybridized carbons (Fsp3) is 0.562. The largest absolute Gasteiger partial charge is 0.494 e. The summed E-state index contributed by atoms with van der Waals surface area (Å²) in [7, 11) is 0. The normalized spacial score (nSPS) is 19.9. The van der Waals surface area contributed by atoms with Gasteiger partial charge in [-0.15, -0.1) is 0 Å². The second kappa shape index (κ2) is 5.95. The molecule has 6 nitrogen and oxygen atoms in total. The van der Waals surface area contributed by atoms with E-state index < -0.39 is 17.3 Å². The molecule has 0 saturated heterocycles. The summed E-state index contributed by atoms with van der Waals surface area (Å²) >= 11 is 5.27. The van der Waals surface area contributed by atoms with Crippen molar-refractivity contribution in [2.75, 3.05) is 0 Å². The summed E-state index contributed by atoms with van der Waals surface area (Å²) in [6.07, 6.45) is -0.881. The first-order valence-corrected chi connectivity index (χ1v) is 7.97. The monoisotopic (exact) mass is 335 g/mol. The molecule has 0 aromatic carbocycles. The topological polar surface area (TPSA) is 80.2 Å². The number of hydrogen-bond acceptors (Lipinski definition) is 5. The van der Waals surface area contributed by atoms with Crippen molar-refractivity contribution in [2.24, 2.45) is 0 Å². The molecule has 1 aromatic heterocycles. The lowest BCUT2D eigenvalue weighted by Gasteiger charge is -2.23. The minimum absolute atomic E-state index is 0.0729. The summed E-state index contributed by atoms with van der Waals surface area (Å²) < 4.78 is 9.09. The molecule has 7 heteroatoms. The van der Waals surface area contributed by atoms with Crippen molar-refractivity contribution in [3.8, 4) is 11.9 Å². The van der Waals surface area contributed by atoms with Crippen molar-refractivity contribution >= 4 is 12.2 Å². The highest BCUT2D eigenvalue weighted by molar-refractivity contribution is 7.71. The Labute approximate surface area is 140 Å². The van der Waals surface area contributed by atoms with Crippen molar-refractivity contribution in [1.29, 1.82) is 5.26 Å². The predicted molar refractivity (Wildman–Crippen MR) is 88.8 cm³/mol. The van der Waals surface area contributed by atoms with Crippen molar-refractivity contribution in [1.82, 2.24) is 9.13 Å². The van der Waals surface area contributed by atoms with Crippen LogP contribution >= 0.6 is 12.2 Å². The number of aromatic hydroxyl groups is 1. The summed E-state index contributed by atoms with van der Waals surface area (Å²) in [6, 6.07) is 2.12. The molecule has 124 valence electrons. The third kappa shape index (κ3) is 2.52. The fourth-order valence-electron chi connectivity index (χ4n) is 2.81. The van der Waals surface area contributed by atoms with E-state index in [0.717, 1.165) is 5.57 Å². The number of nitriles is 1. The van der Waals surface area contributed by atoms with Crippen LogP contribution < -0.4 is 5.56 Å². The Morgan fingerprint density at radius 2 is 1.91 bits per heavy atom. The first kappa shape index (κ1) is 17.4. The summed E-state index contributed by atoms with van der Waals surface area (Å²) in [5.74, 6) is -0.226. The van der Waals surface area contributed by atoms with Gasteiger partial charge in [-0.3, -0.25) is 13.9 Å². The van der Waals surface area contributed by atoms with Crippen LogP contribution in [-0.2, 0) is 17.8 Å². The second-order valence-corrected chi connectivity index (χ2v) is 6.34. The standard InChI is InChI=1S/C16H21N3O3S/c1-6-18-13(20)11(14(21)19(7-2)15(18)23)12-10(8-17)9(3)16(4,5)22-12/h12,20H,6-7H2,1-5H3. The van der Waals surface area contributed by atoms with E-state index >= 15 is 0 Å². The van der Waals surface area contributed by atoms with Gasteiger partial charge in [-0.05, 0) is 52.4 Å². The zero-order valence-electron chi connectivity index (χ0n) is 14.0. The fourth-order valence-corrected chi connectivity index (χ4v) is 3.24. The molecule has 1 aromatic rings. The van der Waals surface area contributed by atoms with Crippen molar-refractivity contribution in [2.45, 2.75) is 59.4 Å². The van der Waals surface area contributed by atoms with E-state index in [4.69, 9.17) is 17.0 Å². The molecule has 2 heterocycles. The van der Waals surface area contributed by atoms with Gasteiger partial charge >= 0.3 is 0 Å². The minimum atomic E-state index is -0.881. The van der Waals surface area contributed by atoms with E-state index in [0.29, 0.717) is 18.7 Å². The highest BCUT2D eigenvalue weighted by Gasteiger charge is 2.42. The van der Waals surface area contributed by atoms with E-state index in [1.807, 2.05) is 34.6 Å². The molecule has 1 unspecified atom stereocenters. The summed E-state index contributed by atoms with van der Waals surface area (Å²) in [6.45, 7) is 9.92. The van der Waals surface area contributed by atoms with Gasteiger partial charge in [-0.1, -0.05) is 0 Å². The predicted octanol–water partition coefficient (Wildman–Crippen LogP) is 2.81. The molecule has 0 fully saturated rings. The van der Waals surface area contributed by atoms with Crippen molar-refractivity contribution in [3.05, 3.63) is 31.8 Å². The summed E-state index contributed by atoms with van der Waals surface area (Å²) in [5, 5.41) is 20.1. The average Bonchev–Trinajstić information content (AvgIpc) is 2.70. The lowest BCUT2D eigenvalue weighted by Crippen LogP contribution is -2.31. The second-order valence-electron chi connectivity index (χ2n) is 5.97. The van der Waals surface area contributed by atoms with Crippen LogP contribution in [0.4, 0.5) is 0 Å². The van der Waals surface area contributed by atoms with E-state index in [2.05, 4.69) is 6.07 Å². The minimum Gasteiger partial charge on any atom is -0.494 e. The van der Waals surface area contributed by atoms with Crippen molar-refractivity contribution < 1.29 is 9.84 Å². The van der Waals surface area contributed by atoms with E-state index in [-0.39, 0.29) is 16.2 Å². The van der Waals surface area contributed by atoms with Gasteiger partial charge in [-0.2, -0.15) is 5.26 Å². The van der Waals surface area contributed by atoms with Gasteiger partial charge in [0.1, 0.15) is 11.7 Å². The maximum atomic E-state index is 12.8. The van der Waals surface area contributed by atoms with Gasteiger partial charge in [-0.25, -0.2) is 0 Å². The SMILES string of the molecule is CCn1c(O)c(C2OC(C)(C)C(C)=C2C#N)c(=O)n(CC)c1=S. The Kier molecular flexibility index (Phi) is 4.51. The molecule has 2 rings (SSSR count). The van der Waals surface area contributed by atoms with Crippen LogP contribution in [0.3, 0.4) is 0 Å². The first-order chi connectivity index (χ1) is 10.7. The van der Waals surface area contributed by atoms with Gasteiger partial charge in [0.05, 0.1) is 17.2 Å².